The maximum absolute atomic E-state index is 13.4. The summed E-state index contributed by atoms with van der Waals surface area (Å²) in [6.07, 6.45) is -2.33. The van der Waals surface area contributed by atoms with E-state index in [-0.39, 0.29) is 12.0 Å². The molecule has 0 bridgehead atoms. The van der Waals surface area contributed by atoms with Gasteiger partial charge in [-0.2, -0.15) is 13.2 Å². The molecule has 0 aliphatic rings. The number of aryl methyl sites for hydroxylation is 1. The van der Waals surface area contributed by atoms with Crippen LogP contribution < -0.4 is 0 Å². The summed E-state index contributed by atoms with van der Waals surface area (Å²) in [5.74, 6) is -1.47. The molecule has 0 aliphatic carbocycles. The molecule has 0 radical (unpaired) electrons. The Balaban J connectivity index is 1.86. The Morgan fingerprint density at radius 1 is 0.955 bits per heavy atom. The Kier molecular flexibility index (Phi) is 3.92. The summed E-state index contributed by atoms with van der Waals surface area (Å²) in [5.41, 5.74) is 1.81. The van der Waals surface area contributed by atoms with Crippen LogP contribution in [-0.4, -0.2) is 6.18 Å². The van der Waals surface area contributed by atoms with Crippen LogP contribution in [0.25, 0.3) is 11.0 Å². The summed E-state index contributed by atoms with van der Waals surface area (Å²) in [5, 5.41) is 0.700. The van der Waals surface area contributed by atoms with Crippen LogP contribution in [0.15, 0.2) is 65.3 Å². The van der Waals surface area contributed by atoms with Gasteiger partial charge in [0.05, 0.1) is 12.2 Å². The first kappa shape index (κ1) is 14.7. The van der Waals surface area contributed by atoms with Gasteiger partial charge in [0.1, 0.15) is 5.58 Å². The first-order valence-corrected chi connectivity index (χ1v) is 7.12. The van der Waals surface area contributed by atoms with E-state index in [9.17, 15) is 13.2 Å². The summed E-state index contributed by atoms with van der Waals surface area (Å²) in [6.45, 7) is 0. The van der Waals surface area contributed by atoms with Crippen molar-refractivity contribution in [2.24, 2.45) is 0 Å². The van der Waals surface area contributed by atoms with Crippen molar-refractivity contribution in [3.05, 3.63) is 72.0 Å². The monoisotopic (exact) mass is 304 g/mol. The van der Waals surface area contributed by atoms with Crippen LogP contribution in [0.2, 0.25) is 0 Å². The van der Waals surface area contributed by atoms with Crippen molar-refractivity contribution in [3.8, 4) is 0 Å². The first-order valence-electron chi connectivity index (χ1n) is 7.12. The minimum absolute atomic E-state index is 0.0386. The van der Waals surface area contributed by atoms with Crippen molar-refractivity contribution < 1.29 is 17.6 Å². The number of halogens is 3. The Labute approximate surface area is 126 Å². The molecule has 0 N–H and O–H groups in total. The van der Waals surface area contributed by atoms with Gasteiger partial charge in [-0.3, -0.25) is 0 Å². The molecule has 1 atom stereocenters. The fourth-order valence-electron chi connectivity index (χ4n) is 2.68. The van der Waals surface area contributed by atoms with Gasteiger partial charge in [-0.05, 0) is 42.2 Å². The highest BCUT2D eigenvalue weighted by molar-refractivity contribution is 5.77. The van der Waals surface area contributed by atoms with E-state index < -0.39 is 12.1 Å². The fourth-order valence-corrected chi connectivity index (χ4v) is 2.68. The highest BCUT2D eigenvalue weighted by Crippen LogP contribution is 2.39. The molecule has 1 heterocycles. The highest BCUT2D eigenvalue weighted by Gasteiger charge is 2.40. The van der Waals surface area contributed by atoms with Crippen molar-refractivity contribution in [1.29, 1.82) is 0 Å². The molecule has 22 heavy (non-hydrogen) atoms. The van der Waals surface area contributed by atoms with E-state index in [1.165, 1.54) is 12.3 Å². The van der Waals surface area contributed by atoms with Crippen LogP contribution in [0.5, 0.6) is 0 Å². The minimum Gasteiger partial charge on any atom is -0.464 e. The SMILES string of the molecule is FC(F)(F)C(CCc1ccccc1)c1ccc2occc2c1. The Morgan fingerprint density at radius 2 is 1.73 bits per heavy atom. The smallest absolute Gasteiger partial charge is 0.395 e. The molecule has 3 aromatic rings. The summed E-state index contributed by atoms with van der Waals surface area (Å²) in [6, 6.07) is 15.6. The zero-order chi connectivity index (χ0) is 15.6. The van der Waals surface area contributed by atoms with E-state index in [1.54, 1.807) is 18.2 Å². The van der Waals surface area contributed by atoms with E-state index in [1.807, 2.05) is 30.3 Å². The highest BCUT2D eigenvalue weighted by atomic mass is 19.4. The number of benzene rings is 2. The molecule has 1 nitrogen and oxygen atoms in total. The number of rotatable bonds is 4. The number of furan rings is 1. The second-order valence-electron chi connectivity index (χ2n) is 5.34. The van der Waals surface area contributed by atoms with Gasteiger partial charge in [0, 0.05) is 5.39 Å². The summed E-state index contributed by atoms with van der Waals surface area (Å²) < 4.78 is 45.4. The Hall–Kier alpha value is -2.23. The Morgan fingerprint density at radius 3 is 2.45 bits per heavy atom. The van der Waals surface area contributed by atoms with Gasteiger partial charge in [0.2, 0.25) is 0 Å². The van der Waals surface area contributed by atoms with Gasteiger partial charge in [0.25, 0.3) is 0 Å². The third kappa shape index (κ3) is 3.16. The quantitative estimate of drug-likeness (QED) is 0.601. The largest absolute Gasteiger partial charge is 0.464 e. The number of fused-ring (bicyclic) bond motifs is 1. The molecule has 0 amide bonds. The van der Waals surface area contributed by atoms with E-state index in [0.29, 0.717) is 17.4 Å². The molecule has 0 spiro atoms. The van der Waals surface area contributed by atoms with Crippen LogP contribution in [0, 0.1) is 0 Å². The molecular weight excluding hydrogens is 289 g/mol. The number of alkyl halides is 3. The summed E-state index contributed by atoms with van der Waals surface area (Å²) in [7, 11) is 0. The maximum Gasteiger partial charge on any atom is 0.395 e. The lowest BCUT2D eigenvalue weighted by molar-refractivity contribution is -0.151. The van der Waals surface area contributed by atoms with Crippen molar-refractivity contribution in [2.75, 3.05) is 0 Å². The zero-order valence-electron chi connectivity index (χ0n) is 11.8. The van der Waals surface area contributed by atoms with Gasteiger partial charge in [-0.25, -0.2) is 0 Å². The normalized spacial score (nSPS) is 13.4. The molecule has 0 aliphatic heterocycles. The molecule has 1 aromatic heterocycles. The molecule has 2 aromatic carbocycles. The fraction of sp³-hybridized carbons (Fsp3) is 0.222. The predicted molar refractivity (Wildman–Crippen MR) is 79.8 cm³/mol. The standard InChI is InChI=1S/C18H15F3O/c19-18(20,21)16(8-6-13-4-2-1-3-5-13)14-7-9-17-15(12-14)10-11-22-17/h1-5,7,9-12,16H,6,8H2. The molecule has 3 rings (SSSR count). The van der Waals surface area contributed by atoms with Crippen LogP contribution in [0.4, 0.5) is 13.2 Å². The summed E-state index contributed by atoms with van der Waals surface area (Å²) in [4.78, 5) is 0. The lowest BCUT2D eigenvalue weighted by atomic mass is 9.91. The zero-order valence-corrected chi connectivity index (χ0v) is 11.8. The maximum atomic E-state index is 13.4. The second-order valence-corrected chi connectivity index (χ2v) is 5.34. The van der Waals surface area contributed by atoms with E-state index >= 15 is 0 Å². The van der Waals surface area contributed by atoms with Crippen LogP contribution in [0.3, 0.4) is 0 Å². The van der Waals surface area contributed by atoms with E-state index in [0.717, 1.165) is 5.56 Å². The first-order chi connectivity index (χ1) is 10.5. The van der Waals surface area contributed by atoms with Crippen molar-refractivity contribution in [2.45, 2.75) is 24.9 Å². The predicted octanol–water partition coefficient (Wildman–Crippen LogP) is 5.71. The topological polar surface area (TPSA) is 13.1 Å². The molecule has 0 fully saturated rings. The van der Waals surface area contributed by atoms with Gasteiger partial charge < -0.3 is 4.42 Å². The third-order valence-corrected chi connectivity index (χ3v) is 3.84. The van der Waals surface area contributed by atoms with Crippen LogP contribution >= 0.6 is 0 Å². The molecule has 0 saturated carbocycles. The van der Waals surface area contributed by atoms with Gasteiger partial charge in [-0.1, -0.05) is 36.4 Å². The van der Waals surface area contributed by atoms with Crippen molar-refractivity contribution in [3.63, 3.8) is 0 Å². The average molecular weight is 304 g/mol. The Bertz CT molecular complexity index is 744. The molecule has 0 saturated heterocycles. The lowest BCUT2D eigenvalue weighted by Gasteiger charge is -2.21. The minimum atomic E-state index is -4.26. The molecule has 1 unspecified atom stereocenters. The molecule has 4 heteroatoms. The average Bonchev–Trinajstić information content (AvgIpc) is 2.95. The van der Waals surface area contributed by atoms with Crippen LogP contribution in [0.1, 0.15) is 23.5 Å². The molecular formula is C18H15F3O. The summed E-state index contributed by atoms with van der Waals surface area (Å²) >= 11 is 0. The van der Waals surface area contributed by atoms with E-state index in [2.05, 4.69) is 0 Å². The van der Waals surface area contributed by atoms with E-state index in [4.69, 9.17) is 4.42 Å². The third-order valence-electron chi connectivity index (χ3n) is 3.84. The van der Waals surface area contributed by atoms with Gasteiger partial charge >= 0.3 is 6.18 Å². The van der Waals surface area contributed by atoms with Crippen molar-refractivity contribution >= 4 is 11.0 Å². The van der Waals surface area contributed by atoms with Gasteiger partial charge in [-0.15, -0.1) is 0 Å². The number of hydrogen-bond donors (Lipinski definition) is 0. The molecule has 114 valence electrons. The number of hydrogen-bond acceptors (Lipinski definition) is 1. The van der Waals surface area contributed by atoms with Gasteiger partial charge in [0.15, 0.2) is 0 Å². The van der Waals surface area contributed by atoms with Crippen molar-refractivity contribution in [1.82, 2.24) is 0 Å². The second kappa shape index (κ2) is 5.87. The van der Waals surface area contributed by atoms with Crippen LogP contribution in [-0.2, 0) is 6.42 Å². The lowest BCUT2D eigenvalue weighted by Crippen LogP contribution is -2.21.